The summed E-state index contributed by atoms with van der Waals surface area (Å²) in [5.41, 5.74) is 2.39. The van der Waals surface area contributed by atoms with Crippen LogP contribution in [0.5, 0.6) is 0 Å². The van der Waals surface area contributed by atoms with E-state index in [2.05, 4.69) is 22.1 Å². The fourth-order valence-corrected chi connectivity index (χ4v) is 3.07. The lowest BCUT2D eigenvalue weighted by atomic mass is 10.0. The SMILES string of the molecule is Cc1ccccc1C(=O)Nc1ccc(N2CCCC(C)C2)nc1. The van der Waals surface area contributed by atoms with Gasteiger partial charge in [0.15, 0.2) is 0 Å². The summed E-state index contributed by atoms with van der Waals surface area (Å²) in [6, 6.07) is 11.5. The van der Waals surface area contributed by atoms with Gasteiger partial charge in [0.1, 0.15) is 5.82 Å². The van der Waals surface area contributed by atoms with Gasteiger partial charge < -0.3 is 10.2 Å². The molecule has 0 radical (unpaired) electrons. The minimum absolute atomic E-state index is 0.0933. The second-order valence-corrected chi connectivity index (χ2v) is 6.37. The fourth-order valence-electron chi connectivity index (χ4n) is 3.07. The zero-order valence-corrected chi connectivity index (χ0v) is 13.7. The van der Waals surface area contributed by atoms with Gasteiger partial charge in [-0.15, -0.1) is 0 Å². The Bertz CT molecular complexity index is 681. The van der Waals surface area contributed by atoms with E-state index in [0.717, 1.165) is 30.2 Å². The maximum absolute atomic E-state index is 12.3. The van der Waals surface area contributed by atoms with Crippen molar-refractivity contribution in [2.24, 2.45) is 5.92 Å². The summed E-state index contributed by atoms with van der Waals surface area (Å²) in [6.07, 6.45) is 4.25. The predicted octanol–water partition coefficient (Wildman–Crippen LogP) is 3.88. The van der Waals surface area contributed by atoms with Gasteiger partial charge in [0, 0.05) is 18.7 Å². The number of nitrogens with zero attached hydrogens (tertiary/aromatic N) is 2. The first-order chi connectivity index (χ1) is 11.1. The molecule has 1 saturated heterocycles. The molecule has 0 aliphatic carbocycles. The van der Waals surface area contributed by atoms with Gasteiger partial charge in [0.25, 0.3) is 5.91 Å². The highest BCUT2D eigenvalue weighted by Gasteiger charge is 2.17. The van der Waals surface area contributed by atoms with Crippen LogP contribution < -0.4 is 10.2 Å². The summed E-state index contributed by atoms with van der Waals surface area (Å²) in [5, 5.41) is 2.92. The molecule has 0 saturated carbocycles. The minimum atomic E-state index is -0.0933. The summed E-state index contributed by atoms with van der Waals surface area (Å²) in [4.78, 5) is 19.2. The fraction of sp³-hybridized carbons (Fsp3) is 0.368. The van der Waals surface area contributed by atoms with Gasteiger partial charge in [-0.3, -0.25) is 4.79 Å². The zero-order valence-electron chi connectivity index (χ0n) is 13.7. The molecule has 23 heavy (non-hydrogen) atoms. The Kier molecular flexibility index (Phi) is 4.60. The highest BCUT2D eigenvalue weighted by Crippen LogP contribution is 2.22. The molecule has 0 spiro atoms. The number of hydrogen-bond donors (Lipinski definition) is 1. The normalized spacial score (nSPS) is 17.8. The van der Waals surface area contributed by atoms with E-state index in [1.165, 1.54) is 12.8 Å². The topological polar surface area (TPSA) is 45.2 Å². The molecular formula is C19H23N3O. The summed E-state index contributed by atoms with van der Waals surface area (Å²) < 4.78 is 0. The smallest absolute Gasteiger partial charge is 0.255 e. The number of rotatable bonds is 3. The number of nitrogens with one attached hydrogen (secondary N) is 1. The quantitative estimate of drug-likeness (QED) is 0.936. The molecule has 120 valence electrons. The number of hydrogen-bond acceptors (Lipinski definition) is 3. The number of pyridine rings is 1. The van der Waals surface area contributed by atoms with Gasteiger partial charge in [-0.1, -0.05) is 25.1 Å². The second-order valence-electron chi connectivity index (χ2n) is 6.37. The molecule has 3 rings (SSSR count). The molecule has 4 heteroatoms. The maximum Gasteiger partial charge on any atom is 0.255 e. The molecule has 1 aromatic heterocycles. The first kappa shape index (κ1) is 15.5. The van der Waals surface area contributed by atoms with Crippen molar-refractivity contribution >= 4 is 17.4 Å². The van der Waals surface area contributed by atoms with Crippen molar-refractivity contribution in [2.75, 3.05) is 23.3 Å². The molecule has 2 aromatic rings. The van der Waals surface area contributed by atoms with Crippen LogP contribution in [0.15, 0.2) is 42.6 Å². The third kappa shape index (κ3) is 3.70. The highest BCUT2D eigenvalue weighted by atomic mass is 16.1. The average Bonchev–Trinajstić information content (AvgIpc) is 2.56. The molecule has 1 aliphatic heterocycles. The Morgan fingerprint density at radius 2 is 2.09 bits per heavy atom. The van der Waals surface area contributed by atoms with Gasteiger partial charge in [-0.25, -0.2) is 4.98 Å². The summed E-state index contributed by atoms with van der Waals surface area (Å²) >= 11 is 0. The van der Waals surface area contributed by atoms with Crippen molar-refractivity contribution in [3.63, 3.8) is 0 Å². The van der Waals surface area contributed by atoms with E-state index in [0.29, 0.717) is 11.5 Å². The Morgan fingerprint density at radius 1 is 1.26 bits per heavy atom. The highest BCUT2D eigenvalue weighted by molar-refractivity contribution is 6.05. The van der Waals surface area contributed by atoms with Gasteiger partial charge in [-0.05, 0) is 49.4 Å². The van der Waals surface area contributed by atoms with E-state index in [4.69, 9.17) is 0 Å². The summed E-state index contributed by atoms with van der Waals surface area (Å²) in [7, 11) is 0. The Morgan fingerprint density at radius 3 is 2.78 bits per heavy atom. The van der Waals surface area contributed by atoms with Crippen molar-refractivity contribution in [2.45, 2.75) is 26.7 Å². The van der Waals surface area contributed by atoms with Crippen molar-refractivity contribution in [3.05, 3.63) is 53.7 Å². The maximum atomic E-state index is 12.3. The molecule has 1 amide bonds. The lowest BCUT2D eigenvalue weighted by molar-refractivity contribution is 0.102. The van der Waals surface area contributed by atoms with Gasteiger partial charge in [0.2, 0.25) is 0 Å². The summed E-state index contributed by atoms with van der Waals surface area (Å²) in [6.45, 7) is 6.34. The molecule has 1 aromatic carbocycles. The van der Waals surface area contributed by atoms with Gasteiger partial charge >= 0.3 is 0 Å². The largest absolute Gasteiger partial charge is 0.356 e. The third-order valence-electron chi connectivity index (χ3n) is 4.38. The molecule has 2 heterocycles. The Hall–Kier alpha value is -2.36. The molecule has 0 bridgehead atoms. The summed E-state index contributed by atoms with van der Waals surface area (Å²) in [5.74, 6) is 1.61. The Labute approximate surface area is 137 Å². The monoisotopic (exact) mass is 309 g/mol. The molecule has 4 nitrogen and oxygen atoms in total. The molecular weight excluding hydrogens is 286 g/mol. The minimum Gasteiger partial charge on any atom is -0.356 e. The van der Waals surface area contributed by atoms with E-state index in [-0.39, 0.29) is 5.91 Å². The lowest BCUT2D eigenvalue weighted by Gasteiger charge is -2.31. The van der Waals surface area contributed by atoms with Gasteiger partial charge in [0.05, 0.1) is 11.9 Å². The van der Waals surface area contributed by atoms with E-state index in [1.807, 2.05) is 43.3 Å². The molecule has 1 fully saturated rings. The Balaban J connectivity index is 1.68. The number of carbonyl (C=O) groups is 1. The van der Waals surface area contributed by atoms with Crippen LogP contribution in [-0.4, -0.2) is 24.0 Å². The van der Waals surface area contributed by atoms with Crippen LogP contribution in [0.1, 0.15) is 35.7 Å². The number of benzene rings is 1. The van der Waals surface area contributed by atoms with Crippen LogP contribution in [0.3, 0.4) is 0 Å². The standard InChI is InChI=1S/C19H23N3O/c1-14-6-5-11-22(13-14)18-10-9-16(12-20-18)21-19(23)17-8-4-3-7-15(17)2/h3-4,7-10,12,14H,5-6,11,13H2,1-2H3,(H,21,23). The molecule has 1 atom stereocenters. The van der Waals surface area contributed by atoms with Gasteiger partial charge in [-0.2, -0.15) is 0 Å². The zero-order chi connectivity index (χ0) is 16.2. The number of amides is 1. The van der Waals surface area contributed by atoms with Crippen LogP contribution in [0.4, 0.5) is 11.5 Å². The molecule has 1 aliphatic rings. The van der Waals surface area contributed by atoms with Crippen LogP contribution in [-0.2, 0) is 0 Å². The van der Waals surface area contributed by atoms with E-state index in [9.17, 15) is 4.79 Å². The van der Waals surface area contributed by atoms with Crippen LogP contribution in [0.2, 0.25) is 0 Å². The van der Waals surface area contributed by atoms with E-state index in [1.54, 1.807) is 6.20 Å². The van der Waals surface area contributed by atoms with Crippen molar-refractivity contribution in [1.29, 1.82) is 0 Å². The van der Waals surface area contributed by atoms with Crippen molar-refractivity contribution in [1.82, 2.24) is 4.98 Å². The number of carbonyl (C=O) groups excluding carboxylic acids is 1. The third-order valence-corrected chi connectivity index (χ3v) is 4.38. The number of anilines is 2. The number of aryl methyl sites for hydroxylation is 1. The molecule has 1 unspecified atom stereocenters. The number of aromatic nitrogens is 1. The van der Waals surface area contributed by atoms with Crippen LogP contribution >= 0.6 is 0 Å². The van der Waals surface area contributed by atoms with Crippen molar-refractivity contribution < 1.29 is 4.79 Å². The number of piperidine rings is 1. The van der Waals surface area contributed by atoms with E-state index < -0.39 is 0 Å². The molecule has 1 N–H and O–H groups in total. The van der Waals surface area contributed by atoms with E-state index >= 15 is 0 Å². The first-order valence-electron chi connectivity index (χ1n) is 8.21. The van der Waals surface area contributed by atoms with Crippen LogP contribution in [0.25, 0.3) is 0 Å². The average molecular weight is 309 g/mol. The lowest BCUT2D eigenvalue weighted by Crippen LogP contribution is -2.34. The van der Waals surface area contributed by atoms with Crippen LogP contribution in [0, 0.1) is 12.8 Å². The first-order valence-corrected chi connectivity index (χ1v) is 8.21. The van der Waals surface area contributed by atoms with Crippen molar-refractivity contribution in [3.8, 4) is 0 Å². The second kappa shape index (κ2) is 6.82. The predicted molar refractivity (Wildman–Crippen MR) is 94.0 cm³/mol.